The number of rotatable bonds is 4. The molecule has 50 heavy (non-hydrogen) atoms. The SMILES string of the molecule is [2H]C([2H])([2H])c1ccnc(-n2c3[c-]c(C4(c5[c-]c(N6CN(C)c7ccccc76)ccc5)c5ccccc5-c5ccccc54)ccc3c3ccccc32)c1.[Pt+2]. The quantitative estimate of drug-likeness (QED) is 0.165. The largest absolute Gasteiger partial charge is 2.00 e. The summed E-state index contributed by atoms with van der Waals surface area (Å²) in [6.07, 6.45) is 1.58. The van der Waals surface area contributed by atoms with Gasteiger partial charge in [-0.25, -0.2) is 4.98 Å². The van der Waals surface area contributed by atoms with Crippen molar-refractivity contribution in [1.29, 1.82) is 0 Å². The number of anilines is 3. The van der Waals surface area contributed by atoms with Gasteiger partial charge in [-0.05, 0) is 70.4 Å². The normalized spacial score (nSPS) is 15.2. The van der Waals surface area contributed by atoms with Crippen molar-refractivity contribution in [2.45, 2.75) is 12.3 Å². The molecule has 242 valence electrons. The molecule has 0 bridgehead atoms. The number of fused-ring (bicyclic) bond motifs is 7. The number of pyridine rings is 1. The summed E-state index contributed by atoms with van der Waals surface area (Å²) < 4.78 is 26.5. The topological polar surface area (TPSA) is 24.3 Å². The summed E-state index contributed by atoms with van der Waals surface area (Å²) in [7, 11) is 2.12. The van der Waals surface area contributed by atoms with Crippen molar-refractivity contribution >= 4 is 38.9 Å². The summed E-state index contributed by atoms with van der Waals surface area (Å²) in [6.45, 7) is -1.54. The summed E-state index contributed by atoms with van der Waals surface area (Å²) >= 11 is 0. The molecular weight excluding hydrogens is 792 g/mol. The average molecular weight is 827 g/mol. The summed E-state index contributed by atoms with van der Waals surface area (Å²) in [5.74, 6) is 0.542. The summed E-state index contributed by atoms with van der Waals surface area (Å²) in [4.78, 5) is 9.32. The standard InChI is InChI=1S/C45H32N4.Pt/c1-30-24-25-46-44(26-30)49-40-19-8-5-16-36(40)37-23-22-32(28-43(37)49)45(38-17-6-3-14-34(38)35-15-4-7-18-39(35)45)31-12-11-13-33(27-31)48-29-47(2)41-20-9-10-21-42(41)48;/h3-26H,29H2,1-2H3;/q-2;+2/i1D3;. The summed E-state index contributed by atoms with van der Waals surface area (Å²) in [5.41, 5.74) is 11.3. The van der Waals surface area contributed by atoms with Crippen LogP contribution < -0.4 is 9.80 Å². The fourth-order valence-corrected chi connectivity index (χ4v) is 8.27. The second kappa shape index (κ2) is 11.6. The molecule has 0 saturated heterocycles. The number of para-hydroxylation sites is 3. The molecule has 10 rings (SSSR count). The van der Waals surface area contributed by atoms with Gasteiger partial charge in [0.15, 0.2) is 0 Å². The van der Waals surface area contributed by atoms with Crippen LogP contribution in [-0.2, 0) is 26.5 Å². The van der Waals surface area contributed by atoms with E-state index in [-0.39, 0.29) is 26.6 Å². The van der Waals surface area contributed by atoms with Gasteiger partial charge in [-0.3, -0.25) is 0 Å². The predicted molar refractivity (Wildman–Crippen MR) is 200 cm³/mol. The smallest absolute Gasteiger partial charge is 0.355 e. The van der Waals surface area contributed by atoms with Crippen LogP contribution >= 0.6 is 0 Å². The molecule has 8 aromatic rings. The molecule has 0 radical (unpaired) electrons. The van der Waals surface area contributed by atoms with Crippen molar-refractivity contribution in [2.24, 2.45) is 0 Å². The molecule has 0 saturated carbocycles. The van der Waals surface area contributed by atoms with Crippen LogP contribution in [0.1, 0.15) is 31.9 Å². The van der Waals surface area contributed by atoms with Crippen LogP contribution in [0.2, 0.25) is 0 Å². The third-order valence-electron chi connectivity index (χ3n) is 10.3. The van der Waals surface area contributed by atoms with Crippen LogP contribution in [0.15, 0.2) is 146 Å². The second-order valence-electron chi connectivity index (χ2n) is 12.9. The maximum Gasteiger partial charge on any atom is 2.00 e. The first-order valence-electron chi connectivity index (χ1n) is 18.1. The Morgan fingerprint density at radius 2 is 1.38 bits per heavy atom. The van der Waals surface area contributed by atoms with E-state index in [1.807, 2.05) is 12.1 Å². The molecule has 6 aromatic carbocycles. The van der Waals surface area contributed by atoms with Crippen LogP contribution in [0.3, 0.4) is 0 Å². The molecule has 0 N–H and O–H groups in total. The van der Waals surface area contributed by atoms with Gasteiger partial charge in [-0.2, -0.15) is 36.4 Å². The number of hydrogen-bond acceptors (Lipinski definition) is 3. The number of hydrogen-bond donors (Lipinski definition) is 0. The van der Waals surface area contributed by atoms with E-state index in [1.165, 1.54) is 27.9 Å². The van der Waals surface area contributed by atoms with E-state index in [2.05, 4.69) is 149 Å². The van der Waals surface area contributed by atoms with Gasteiger partial charge in [0.25, 0.3) is 0 Å². The minimum atomic E-state index is -2.27. The van der Waals surface area contributed by atoms with Gasteiger partial charge in [-0.1, -0.05) is 90.1 Å². The fraction of sp³-hybridized carbons (Fsp3) is 0.0889. The first kappa shape index (κ1) is 27.4. The Labute approximate surface area is 310 Å². The molecule has 0 atom stereocenters. The van der Waals surface area contributed by atoms with Crippen molar-refractivity contribution in [3.63, 3.8) is 0 Å². The number of benzene rings is 6. The van der Waals surface area contributed by atoms with Gasteiger partial charge >= 0.3 is 21.1 Å². The summed E-state index contributed by atoms with van der Waals surface area (Å²) in [6, 6.07) is 56.1. The Bertz CT molecular complexity index is 2670. The Hall–Kier alpha value is -5.44. The first-order chi connectivity index (χ1) is 25.3. The Morgan fingerprint density at radius 1 is 0.680 bits per heavy atom. The van der Waals surface area contributed by atoms with Crippen molar-refractivity contribution in [2.75, 3.05) is 23.5 Å². The van der Waals surface area contributed by atoms with Gasteiger partial charge in [0.05, 0.1) is 18.0 Å². The maximum atomic E-state index is 8.14. The van der Waals surface area contributed by atoms with E-state index in [4.69, 9.17) is 9.10 Å². The molecule has 1 aliphatic carbocycles. The van der Waals surface area contributed by atoms with E-state index in [0.717, 1.165) is 51.0 Å². The molecule has 5 heteroatoms. The van der Waals surface area contributed by atoms with Crippen molar-refractivity contribution < 1.29 is 25.2 Å². The second-order valence-corrected chi connectivity index (χ2v) is 12.9. The van der Waals surface area contributed by atoms with Crippen LogP contribution in [-0.4, -0.2) is 23.3 Å². The monoisotopic (exact) mass is 826 g/mol. The number of aryl methyl sites for hydroxylation is 1. The van der Waals surface area contributed by atoms with Crippen molar-refractivity contribution in [1.82, 2.24) is 9.55 Å². The molecule has 4 nitrogen and oxygen atoms in total. The third kappa shape index (κ3) is 4.25. The van der Waals surface area contributed by atoms with Gasteiger partial charge < -0.3 is 14.4 Å². The van der Waals surface area contributed by atoms with Crippen LogP contribution in [0.4, 0.5) is 17.1 Å². The molecule has 2 aromatic heterocycles. The molecule has 2 aliphatic rings. The minimum absolute atomic E-state index is 0. The van der Waals surface area contributed by atoms with E-state index >= 15 is 0 Å². The van der Waals surface area contributed by atoms with Crippen LogP contribution in [0.25, 0.3) is 38.8 Å². The molecule has 0 spiro atoms. The molecule has 0 amide bonds. The van der Waals surface area contributed by atoms with Gasteiger partial charge in [0.2, 0.25) is 0 Å². The number of nitrogens with zero attached hydrogens (tertiary/aromatic N) is 4. The summed E-state index contributed by atoms with van der Waals surface area (Å²) in [5, 5.41) is 2.07. The molecular formula is C45H32N4Pt. The predicted octanol–water partition coefficient (Wildman–Crippen LogP) is 9.99. The van der Waals surface area contributed by atoms with Gasteiger partial charge in [0, 0.05) is 28.3 Å². The van der Waals surface area contributed by atoms with Crippen LogP contribution in [0.5, 0.6) is 0 Å². The average Bonchev–Trinajstić information content (AvgIpc) is 3.80. The Balaban J connectivity index is 0.00000372. The van der Waals surface area contributed by atoms with Gasteiger partial charge in [0.1, 0.15) is 5.82 Å². The van der Waals surface area contributed by atoms with E-state index in [0.29, 0.717) is 5.82 Å². The number of aromatic nitrogens is 2. The Morgan fingerprint density at radius 3 is 2.18 bits per heavy atom. The third-order valence-corrected chi connectivity index (χ3v) is 10.3. The van der Waals surface area contributed by atoms with Gasteiger partial charge in [-0.15, -0.1) is 22.6 Å². The molecule has 0 fully saturated rings. The molecule has 0 unspecified atom stereocenters. The molecule has 3 heterocycles. The fourth-order valence-electron chi connectivity index (χ4n) is 8.27. The van der Waals surface area contributed by atoms with E-state index in [1.54, 1.807) is 18.3 Å². The maximum absolute atomic E-state index is 8.14. The molecule has 1 aliphatic heterocycles. The zero-order valence-corrected chi connectivity index (χ0v) is 29.4. The first-order valence-corrected chi connectivity index (χ1v) is 16.6. The minimum Gasteiger partial charge on any atom is -0.355 e. The van der Waals surface area contributed by atoms with E-state index < -0.39 is 12.3 Å². The Kier molecular flexibility index (Phi) is 6.34. The zero-order valence-electron chi connectivity index (χ0n) is 30.2. The van der Waals surface area contributed by atoms with E-state index in [9.17, 15) is 0 Å². The van der Waals surface area contributed by atoms with Crippen molar-refractivity contribution in [3.05, 3.63) is 186 Å². The van der Waals surface area contributed by atoms with Crippen molar-refractivity contribution in [3.8, 4) is 16.9 Å². The zero-order chi connectivity index (χ0) is 35.2. The van der Waals surface area contributed by atoms with Crippen LogP contribution in [0, 0.1) is 19.0 Å².